The van der Waals surface area contributed by atoms with Crippen molar-refractivity contribution in [1.82, 2.24) is 4.57 Å². The predicted octanol–water partition coefficient (Wildman–Crippen LogP) is 1.60. The van der Waals surface area contributed by atoms with Crippen molar-refractivity contribution < 1.29 is 9.53 Å². The van der Waals surface area contributed by atoms with Gasteiger partial charge in [0.2, 0.25) is 0 Å². The number of carbonyl (C=O) groups is 1. The highest BCUT2D eigenvalue weighted by atomic mass is 16.5. The number of hydrogen-bond donors (Lipinski definition) is 0. The highest BCUT2D eigenvalue weighted by Crippen LogP contribution is 2.01. The van der Waals surface area contributed by atoms with E-state index in [2.05, 4.69) is 0 Å². The van der Waals surface area contributed by atoms with Crippen LogP contribution in [-0.4, -0.2) is 17.1 Å². The van der Waals surface area contributed by atoms with Crippen LogP contribution in [-0.2, 0) is 16.6 Å². The summed E-state index contributed by atoms with van der Waals surface area (Å²) >= 11 is 0. The van der Waals surface area contributed by atoms with E-state index < -0.39 is 0 Å². The number of rotatable bonds is 3. The lowest BCUT2D eigenvalue weighted by molar-refractivity contribution is -0.137. The van der Waals surface area contributed by atoms with Gasteiger partial charge in [-0.1, -0.05) is 0 Å². The topological polar surface area (TPSA) is 31.2 Å². The molecule has 0 atom stereocenters. The molecule has 0 aliphatic carbocycles. The summed E-state index contributed by atoms with van der Waals surface area (Å²) in [5.74, 6) is -0.302. The summed E-state index contributed by atoms with van der Waals surface area (Å²) < 4.78 is 6.67. The van der Waals surface area contributed by atoms with Gasteiger partial charge in [0, 0.05) is 25.0 Å². The highest BCUT2D eigenvalue weighted by Gasteiger charge is 1.95. The van der Waals surface area contributed by atoms with Gasteiger partial charge in [-0.3, -0.25) is 0 Å². The molecular weight excluding hydrogens is 166 g/mol. The third-order valence-electron chi connectivity index (χ3n) is 1.66. The Kier molecular flexibility index (Phi) is 3.31. The van der Waals surface area contributed by atoms with Gasteiger partial charge in [-0.15, -0.1) is 0 Å². The molecule has 0 aliphatic rings. The Morgan fingerprint density at radius 1 is 1.69 bits per heavy atom. The van der Waals surface area contributed by atoms with Crippen molar-refractivity contribution in [3.05, 3.63) is 30.1 Å². The summed E-state index contributed by atoms with van der Waals surface area (Å²) in [5, 5.41) is 0. The van der Waals surface area contributed by atoms with Gasteiger partial charge in [0.15, 0.2) is 0 Å². The second-order valence-corrected chi connectivity index (χ2v) is 2.63. The van der Waals surface area contributed by atoms with Crippen LogP contribution in [0.25, 0.3) is 6.08 Å². The monoisotopic (exact) mass is 179 g/mol. The van der Waals surface area contributed by atoms with Crippen LogP contribution in [0.15, 0.2) is 24.4 Å². The lowest BCUT2D eigenvalue weighted by Crippen LogP contribution is -1.99. The van der Waals surface area contributed by atoms with Crippen LogP contribution in [0.5, 0.6) is 0 Å². The van der Waals surface area contributed by atoms with E-state index in [1.807, 2.05) is 29.9 Å². The van der Waals surface area contributed by atoms with Gasteiger partial charge in [0.25, 0.3) is 0 Å². The Labute approximate surface area is 77.6 Å². The molecule has 0 N–H and O–H groups in total. The van der Waals surface area contributed by atoms with Crippen molar-refractivity contribution in [2.24, 2.45) is 7.05 Å². The number of esters is 1. The minimum Gasteiger partial charge on any atom is -0.463 e. The van der Waals surface area contributed by atoms with E-state index in [0.717, 1.165) is 5.69 Å². The molecule has 0 saturated carbocycles. The van der Waals surface area contributed by atoms with Gasteiger partial charge < -0.3 is 9.30 Å². The maximum atomic E-state index is 10.9. The lowest BCUT2D eigenvalue weighted by Gasteiger charge is -1.96. The van der Waals surface area contributed by atoms with Gasteiger partial charge in [0.1, 0.15) is 0 Å². The Hall–Kier alpha value is -1.51. The molecule has 1 aromatic heterocycles. The van der Waals surface area contributed by atoms with E-state index in [1.54, 1.807) is 13.0 Å². The highest BCUT2D eigenvalue weighted by molar-refractivity contribution is 5.86. The van der Waals surface area contributed by atoms with Crippen LogP contribution in [0.2, 0.25) is 0 Å². The number of aromatic nitrogens is 1. The van der Waals surface area contributed by atoms with E-state index in [4.69, 9.17) is 4.74 Å². The van der Waals surface area contributed by atoms with Crippen molar-refractivity contribution in [2.75, 3.05) is 6.61 Å². The van der Waals surface area contributed by atoms with Crippen LogP contribution >= 0.6 is 0 Å². The van der Waals surface area contributed by atoms with Gasteiger partial charge in [-0.2, -0.15) is 0 Å². The Morgan fingerprint density at radius 2 is 2.46 bits per heavy atom. The van der Waals surface area contributed by atoms with Crippen LogP contribution in [0, 0.1) is 0 Å². The number of carbonyl (C=O) groups excluding carboxylic acids is 1. The fraction of sp³-hybridized carbons (Fsp3) is 0.300. The van der Waals surface area contributed by atoms with Crippen molar-refractivity contribution in [1.29, 1.82) is 0 Å². The van der Waals surface area contributed by atoms with Crippen LogP contribution < -0.4 is 0 Å². The molecule has 0 amide bonds. The summed E-state index contributed by atoms with van der Waals surface area (Å²) in [7, 11) is 1.92. The molecule has 0 radical (unpaired) electrons. The quantitative estimate of drug-likeness (QED) is 0.521. The molecular formula is C10H13NO2. The van der Waals surface area contributed by atoms with Crippen molar-refractivity contribution >= 4 is 12.0 Å². The summed E-state index contributed by atoms with van der Waals surface area (Å²) in [6.07, 6.45) is 5.08. The average Bonchev–Trinajstić information content (AvgIpc) is 2.48. The Bertz CT molecular complexity index is 312. The third kappa shape index (κ3) is 2.78. The molecule has 13 heavy (non-hydrogen) atoms. The molecule has 1 aromatic rings. The summed E-state index contributed by atoms with van der Waals surface area (Å²) in [6, 6.07) is 3.85. The molecule has 70 valence electrons. The van der Waals surface area contributed by atoms with Crippen molar-refractivity contribution in [3.8, 4) is 0 Å². The van der Waals surface area contributed by atoms with Crippen LogP contribution in [0.3, 0.4) is 0 Å². The molecule has 0 aliphatic heterocycles. The number of ether oxygens (including phenoxy) is 1. The molecule has 0 unspecified atom stereocenters. The fourth-order valence-corrected chi connectivity index (χ4v) is 0.991. The zero-order chi connectivity index (χ0) is 9.68. The zero-order valence-electron chi connectivity index (χ0n) is 7.86. The normalized spacial score (nSPS) is 10.6. The first-order chi connectivity index (χ1) is 6.24. The molecule has 0 aromatic carbocycles. The SMILES string of the molecule is CCOC(=O)C=Cc1cccn1C. The Morgan fingerprint density at radius 3 is 3.00 bits per heavy atom. The number of nitrogens with zero attached hydrogens (tertiary/aromatic N) is 1. The zero-order valence-corrected chi connectivity index (χ0v) is 7.86. The summed E-state index contributed by atoms with van der Waals surface area (Å²) in [6.45, 7) is 2.20. The fourth-order valence-electron chi connectivity index (χ4n) is 0.991. The minimum absolute atomic E-state index is 0.302. The third-order valence-corrected chi connectivity index (χ3v) is 1.66. The average molecular weight is 179 g/mol. The van der Waals surface area contributed by atoms with E-state index in [0.29, 0.717) is 6.61 Å². The largest absolute Gasteiger partial charge is 0.463 e. The first-order valence-corrected chi connectivity index (χ1v) is 4.20. The van der Waals surface area contributed by atoms with Gasteiger partial charge in [-0.25, -0.2) is 4.79 Å². The molecule has 0 saturated heterocycles. The molecule has 3 heteroatoms. The summed E-state index contributed by atoms with van der Waals surface area (Å²) in [5.41, 5.74) is 0.980. The van der Waals surface area contributed by atoms with E-state index >= 15 is 0 Å². The van der Waals surface area contributed by atoms with E-state index in [1.165, 1.54) is 6.08 Å². The maximum Gasteiger partial charge on any atom is 0.330 e. The van der Waals surface area contributed by atoms with Crippen LogP contribution in [0.4, 0.5) is 0 Å². The van der Waals surface area contributed by atoms with Gasteiger partial charge in [-0.05, 0) is 25.1 Å². The van der Waals surface area contributed by atoms with Gasteiger partial charge in [0.05, 0.1) is 6.61 Å². The standard InChI is InChI=1S/C10H13NO2/c1-3-13-10(12)7-6-9-5-4-8-11(9)2/h4-8H,3H2,1-2H3. The molecule has 1 heterocycles. The van der Waals surface area contributed by atoms with E-state index in [9.17, 15) is 4.79 Å². The maximum absolute atomic E-state index is 10.9. The number of aryl methyl sites for hydroxylation is 1. The predicted molar refractivity (Wildman–Crippen MR) is 51.1 cm³/mol. The molecule has 0 spiro atoms. The Balaban J connectivity index is 2.58. The van der Waals surface area contributed by atoms with Crippen molar-refractivity contribution in [2.45, 2.75) is 6.92 Å². The molecule has 0 fully saturated rings. The molecule has 1 rings (SSSR count). The second-order valence-electron chi connectivity index (χ2n) is 2.63. The van der Waals surface area contributed by atoms with Crippen molar-refractivity contribution in [3.63, 3.8) is 0 Å². The second kappa shape index (κ2) is 4.50. The first kappa shape index (κ1) is 9.58. The number of hydrogen-bond acceptors (Lipinski definition) is 2. The van der Waals surface area contributed by atoms with Crippen LogP contribution in [0.1, 0.15) is 12.6 Å². The lowest BCUT2D eigenvalue weighted by atomic mass is 10.4. The molecule has 0 bridgehead atoms. The minimum atomic E-state index is -0.302. The first-order valence-electron chi connectivity index (χ1n) is 4.20. The molecule has 3 nitrogen and oxygen atoms in total. The van der Waals surface area contributed by atoms with Gasteiger partial charge >= 0.3 is 5.97 Å². The summed E-state index contributed by atoms with van der Waals surface area (Å²) in [4.78, 5) is 10.9. The van der Waals surface area contributed by atoms with E-state index in [-0.39, 0.29) is 5.97 Å². The smallest absolute Gasteiger partial charge is 0.330 e.